The fraction of sp³-hybridized carbons (Fsp3) is 0.595. The van der Waals surface area contributed by atoms with Gasteiger partial charge in [-0.1, -0.05) is 44.2 Å². The van der Waals surface area contributed by atoms with Crippen molar-refractivity contribution in [1.29, 1.82) is 0 Å². The van der Waals surface area contributed by atoms with Crippen molar-refractivity contribution in [2.24, 2.45) is 11.7 Å². The Balaban J connectivity index is 2.21. The predicted octanol–water partition coefficient (Wildman–Crippen LogP) is -1.18. The first-order valence-electron chi connectivity index (χ1n) is 19.1. The molecular formula is C37H59N8O13P. The maximum Gasteiger partial charge on any atom is 0.469 e. The van der Waals surface area contributed by atoms with E-state index in [1.165, 1.54) is 24.5 Å². The molecule has 1 aromatic carbocycles. The van der Waals surface area contributed by atoms with Gasteiger partial charge in [-0.25, -0.2) is 9.55 Å². The van der Waals surface area contributed by atoms with Gasteiger partial charge < -0.3 is 61.3 Å². The number of imidazole rings is 1. The maximum absolute atomic E-state index is 13.9. The first-order valence-corrected chi connectivity index (χ1v) is 20.7. The zero-order chi connectivity index (χ0) is 44.0. The fourth-order valence-electron chi connectivity index (χ4n) is 5.76. The van der Waals surface area contributed by atoms with Crippen LogP contribution in [0.15, 0.2) is 42.9 Å². The van der Waals surface area contributed by atoms with Crippen LogP contribution in [0.1, 0.15) is 57.7 Å². The second-order valence-corrected chi connectivity index (χ2v) is 15.3. The number of aryl methyl sites for hydroxylation is 1. The number of unbranched alkanes of at least 4 members (excludes halogenated alkanes) is 1. The number of aliphatic hydroxyl groups excluding tert-OH is 1. The van der Waals surface area contributed by atoms with Crippen LogP contribution in [0, 0.1) is 5.92 Å². The highest BCUT2D eigenvalue weighted by atomic mass is 31.2. The topological polar surface area (TPSA) is 314 Å². The van der Waals surface area contributed by atoms with Crippen LogP contribution in [0.2, 0.25) is 0 Å². The summed E-state index contributed by atoms with van der Waals surface area (Å²) in [5, 5.41) is 19.7. The van der Waals surface area contributed by atoms with Crippen molar-refractivity contribution in [3.05, 3.63) is 54.1 Å². The summed E-state index contributed by atoms with van der Waals surface area (Å²) in [5.74, 6) is -5.17. The molecule has 330 valence electrons. The van der Waals surface area contributed by atoms with E-state index in [4.69, 9.17) is 25.0 Å². The van der Waals surface area contributed by atoms with Crippen LogP contribution in [0.3, 0.4) is 0 Å². The molecule has 0 aliphatic rings. The molecule has 0 bridgehead atoms. The van der Waals surface area contributed by atoms with Crippen molar-refractivity contribution in [1.82, 2.24) is 36.1 Å². The maximum atomic E-state index is 13.9. The van der Waals surface area contributed by atoms with E-state index in [1.54, 1.807) is 0 Å². The molecular weight excluding hydrogens is 795 g/mol. The lowest BCUT2D eigenvalue weighted by Crippen LogP contribution is -2.60. The number of carbonyl (C=O) groups excluding carboxylic acids is 6. The number of methoxy groups -OCH3 is 1. The Hall–Kier alpha value is -4.76. The van der Waals surface area contributed by atoms with Gasteiger partial charge in [-0.15, -0.1) is 0 Å². The summed E-state index contributed by atoms with van der Waals surface area (Å²) in [6.07, 6.45) is 3.23. The summed E-state index contributed by atoms with van der Waals surface area (Å²) in [5.41, 5.74) is 6.83. The minimum absolute atomic E-state index is 0.0201. The molecule has 0 aliphatic carbocycles. The number of hydrogen-bond donors (Lipinski definition) is 9. The SMILES string of the molecule is COCCOCCC(=O)N(CCCCc1ccccc1)CC(=O)N[C@@H](CC(C)C)C(=O)N[C@@H](Cc1cnc[nH]1)C(=O)N[C@@H](CO)C(=O)N[C@H](C(N)=O)[C@@H](C)OP(=O)(O)O. The summed E-state index contributed by atoms with van der Waals surface area (Å²) in [7, 11) is -3.57. The molecule has 0 saturated heterocycles. The van der Waals surface area contributed by atoms with Crippen LogP contribution >= 0.6 is 7.82 Å². The molecule has 2 rings (SSSR count). The third-order valence-corrected chi connectivity index (χ3v) is 9.34. The van der Waals surface area contributed by atoms with Gasteiger partial charge in [-0.2, -0.15) is 0 Å². The Kier molecular flexibility index (Phi) is 22.5. The molecule has 22 heteroatoms. The highest BCUT2D eigenvalue weighted by molar-refractivity contribution is 7.46. The van der Waals surface area contributed by atoms with Crippen molar-refractivity contribution >= 4 is 43.3 Å². The molecule has 0 spiro atoms. The molecule has 0 radical (unpaired) electrons. The number of H-pyrrole nitrogens is 1. The highest BCUT2D eigenvalue weighted by Gasteiger charge is 2.35. The van der Waals surface area contributed by atoms with E-state index in [1.807, 2.05) is 44.2 Å². The fourth-order valence-corrected chi connectivity index (χ4v) is 6.32. The number of phosphoric ester groups is 1. The van der Waals surface area contributed by atoms with Gasteiger partial charge in [0.15, 0.2) is 0 Å². The summed E-state index contributed by atoms with van der Waals surface area (Å²) in [6.45, 7) is 4.41. The number of phosphoric acid groups is 1. The number of ether oxygens (including phenoxy) is 2. The number of primary amides is 1. The smallest absolute Gasteiger partial charge is 0.394 e. The van der Waals surface area contributed by atoms with E-state index < -0.39 is 74.2 Å². The summed E-state index contributed by atoms with van der Waals surface area (Å²) in [4.78, 5) is 106. The van der Waals surface area contributed by atoms with E-state index in [-0.39, 0.29) is 50.8 Å². The Morgan fingerprint density at radius 3 is 2.15 bits per heavy atom. The van der Waals surface area contributed by atoms with Crippen LogP contribution in [-0.2, 0) is 60.2 Å². The predicted molar refractivity (Wildman–Crippen MR) is 212 cm³/mol. The molecule has 5 atom stereocenters. The average molecular weight is 855 g/mol. The minimum atomic E-state index is -5.11. The molecule has 6 amide bonds. The molecule has 0 saturated carbocycles. The van der Waals surface area contributed by atoms with Gasteiger partial charge in [0.1, 0.15) is 24.2 Å². The van der Waals surface area contributed by atoms with Gasteiger partial charge in [0.25, 0.3) is 0 Å². The Morgan fingerprint density at radius 1 is 0.898 bits per heavy atom. The van der Waals surface area contributed by atoms with Gasteiger partial charge in [0.2, 0.25) is 35.4 Å². The number of nitrogens with zero attached hydrogens (tertiary/aromatic N) is 2. The van der Waals surface area contributed by atoms with Gasteiger partial charge >= 0.3 is 7.82 Å². The number of hydrogen-bond acceptors (Lipinski definition) is 12. The van der Waals surface area contributed by atoms with Crippen molar-refractivity contribution in [3.8, 4) is 0 Å². The van der Waals surface area contributed by atoms with E-state index in [0.717, 1.165) is 25.3 Å². The standard InChI is InChI=1S/C37H59N8O13P/c1-24(2)18-28(41-31(47)21-45(32(48)13-15-57-17-16-56-4)14-9-8-12-26-10-6-5-7-11-26)35(50)42-29(19-27-20-39-23-40-27)36(51)43-30(22-46)37(52)44-33(34(38)49)25(3)58-59(53,54)55/h5-7,10-11,20,23-25,28-30,33,46H,8-9,12-19,21-22H2,1-4H3,(H2,38,49)(H,39,40)(H,41,47)(H,42,50)(H,43,51)(H,44,52)(H2,53,54,55)/t25-,28+,29+,30+,33+/m1/s1. The minimum Gasteiger partial charge on any atom is -0.394 e. The summed E-state index contributed by atoms with van der Waals surface area (Å²) < 4.78 is 26.2. The molecule has 21 nitrogen and oxygen atoms in total. The molecule has 10 N–H and O–H groups in total. The van der Waals surface area contributed by atoms with Crippen LogP contribution in [0.25, 0.3) is 0 Å². The Labute approximate surface area is 343 Å². The van der Waals surface area contributed by atoms with Crippen molar-refractivity contribution < 1.29 is 62.2 Å². The first kappa shape index (κ1) is 50.4. The third-order valence-electron chi connectivity index (χ3n) is 8.73. The number of amides is 6. The number of benzene rings is 1. The summed E-state index contributed by atoms with van der Waals surface area (Å²) in [6, 6.07) is 3.74. The van der Waals surface area contributed by atoms with Crippen LogP contribution < -0.4 is 27.0 Å². The molecule has 0 unspecified atom stereocenters. The number of nitrogens with two attached hydrogens (primary N) is 1. The van der Waals surface area contributed by atoms with E-state index in [2.05, 4.69) is 35.8 Å². The van der Waals surface area contributed by atoms with Crippen LogP contribution in [0.4, 0.5) is 0 Å². The molecule has 1 heterocycles. The number of carbonyl (C=O) groups is 6. The van der Waals surface area contributed by atoms with Crippen LogP contribution in [0.5, 0.6) is 0 Å². The van der Waals surface area contributed by atoms with Gasteiger partial charge in [0, 0.05) is 32.0 Å². The second kappa shape index (κ2) is 26.4. The Morgan fingerprint density at radius 2 is 1.56 bits per heavy atom. The number of nitrogens with one attached hydrogen (secondary N) is 5. The lowest BCUT2D eigenvalue weighted by molar-refractivity contribution is -0.138. The first-order chi connectivity index (χ1) is 27.9. The molecule has 0 aliphatic heterocycles. The molecule has 1 aromatic heterocycles. The number of aromatic amines is 1. The summed E-state index contributed by atoms with van der Waals surface area (Å²) >= 11 is 0. The van der Waals surface area contributed by atoms with Gasteiger partial charge in [-0.05, 0) is 44.1 Å². The van der Waals surface area contributed by atoms with E-state index >= 15 is 0 Å². The van der Waals surface area contributed by atoms with Crippen LogP contribution in [-0.4, -0.2) is 142 Å². The number of aliphatic hydroxyl groups is 1. The van der Waals surface area contributed by atoms with E-state index in [9.17, 15) is 38.4 Å². The zero-order valence-corrected chi connectivity index (χ0v) is 34.7. The normalized spacial score (nSPS) is 14.0. The molecule has 2 aromatic rings. The zero-order valence-electron chi connectivity index (χ0n) is 33.8. The highest BCUT2D eigenvalue weighted by Crippen LogP contribution is 2.38. The second-order valence-electron chi connectivity index (χ2n) is 14.1. The third kappa shape index (κ3) is 20.2. The lowest BCUT2D eigenvalue weighted by Gasteiger charge is -2.28. The number of aromatic nitrogens is 2. The quantitative estimate of drug-likeness (QED) is 0.0344. The Bertz CT molecular complexity index is 1660. The molecule has 59 heavy (non-hydrogen) atoms. The van der Waals surface area contributed by atoms with Gasteiger partial charge in [-0.3, -0.25) is 33.3 Å². The van der Waals surface area contributed by atoms with Crippen molar-refractivity contribution in [3.63, 3.8) is 0 Å². The van der Waals surface area contributed by atoms with Crippen molar-refractivity contribution in [2.75, 3.05) is 46.6 Å². The van der Waals surface area contributed by atoms with Crippen molar-refractivity contribution in [2.45, 2.75) is 89.6 Å². The van der Waals surface area contributed by atoms with Gasteiger partial charge in [0.05, 0.1) is 51.8 Å². The monoisotopic (exact) mass is 854 g/mol. The largest absolute Gasteiger partial charge is 0.469 e. The lowest BCUT2D eigenvalue weighted by atomic mass is 10.0. The van der Waals surface area contributed by atoms with E-state index in [0.29, 0.717) is 25.3 Å². The molecule has 0 fully saturated rings. The average Bonchev–Trinajstić information content (AvgIpc) is 3.68. The number of rotatable bonds is 29.